The molecular weight excluding hydrogens is 590 g/mol. The number of Topliss-reactive ketones (excluding diaryl/α,β-unsaturated/α-hetero) is 1. The molecule has 0 saturated carbocycles. The minimum absolute atomic E-state index is 0.00562. The zero-order valence-corrected chi connectivity index (χ0v) is 27.4. The number of alkyl carbamates (subject to hydrolysis) is 1. The number of carbonyl (C=O) groups is 3. The second-order valence-corrected chi connectivity index (χ2v) is 12.2. The zero-order chi connectivity index (χ0) is 33.6. The van der Waals surface area contributed by atoms with Gasteiger partial charge < -0.3 is 54.6 Å². The maximum atomic E-state index is 12.5. The Kier molecular flexibility index (Phi) is 22.2. The molecule has 1 heterocycles. The van der Waals surface area contributed by atoms with E-state index in [1.165, 1.54) is 64.7 Å². The lowest BCUT2D eigenvalue weighted by Gasteiger charge is -2.40. The Bertz CT molecular complexity index is 813. The van der Waals surface area contributed by atoms with Gasteiger partial charge in [0, 0.05) is 6.42 Å². The molecule has 1 aliphatic rings. The molecule has 0 aliphatic carbocycles. The van der Waals surface area contributed by atoms with Crippen molar-refractivity contribution >= 4 is 17.8 Å². The first-order valence-electron chi connectivity index (χ1n) is 16.7. The van der Waals surface area contributed by atoms with E-state index < -0.39 is 68.3 Å². The lowest BCUT2D eigenvalue weighted by molar-refractivity contribution is -0.303. The normalized spacial score (nSPS) is 23.6. The van der Waals surface area contributed by atoms with Crippen LogP contribution >= 0.6 is 0 Å². The Labute approximate surface area is 268 Å². The lowest BCUT2D eigenvalue weighted by atomic mass is 9.92. The predicted molar refractivity (Wildman–Crippen MR) is 165 cm³/mol. The summed E-state index contributed by atoms with van der Waals surface area (Å²) in [6.45, 7) is 3.69. The molecule has 1 fully saturated rings. The summed E-state index contributed by atoms with van der Waals surface area (Å²) >= 11 is 0. The number of unbranched alkanes of at least 4 members (excludes halogenated alkanes) is 11. The number of carbonyl (C=O) groups excluding carboxylic acids is 3. The molecule has 8 atom stereocenters. The van der Waals surface area contributed by atoms with E-state index in [4.69, 9.17) is 18.9 Å². The van der Waals surface area contributed by atoms with E-state index in [1.54, 1.807) is 0 Å². The van der Waals surface area contributed by atoms with Crippen LogP contribution in [0.2, 0.25) is 0 Å². The van der Waals surface area contributed by atoms with Crippen LogP contribution in [0, 0.1) is 5.92 Å². The number of rotatable bonds is 25. The molecule has 13 nitrogen and oxygen atoms in total. The molecule has 0 bridgehead atoms. The van der Waals surface area contributed by atoms with Crippen LogP contribution in [-0.2, 0) is 28.5 Å². The van der Waals surface area contributed by atoms with Crippen LogP contribution < -0.4 is 5.32 Å². The Hall–Kier alpha value is -1.87. The highest BCUT2D eigenvalue weighted by molar-refractivity contribution is 5.81. The molecule has 3 unspecified atom stereocenters. The fraction of sp³-hybridized carbons (Fsp3) is 0.906. The fourth-order valence-electron chi connectivity index (χ4n) is 5.20. The molecule has 0 radical (unpaired) electrons. The van der Waals surface area contributed by atoms with Crippen molar-refractivity contribution in [1.82, 2.24) is 5.32 Å². The van der Waals surface area contributed by atoms with Gasteiger partial charge in [0.05, 0.1) is 31.8 Å². The van der Waals surface area contributed by atoms with Crippen LogP contribution in [0.4, 0.5) is 4.79 Å². The van der Waals surface area contributed by atoms with Crippen molar-refractivity contribution in [3.63, 3.8) is 0 Å². The first kappa shape index (κ1) is 41.2. The topological polar surface area (TPSA) is 201 Å². The number of ether oxygens (including phenoxy) is 4. The summed E-state index contributed by atoms with van der Waals surface area (Å²) in [5.41, 5.74) is 0. The number of ketones is 1. The van der Waals surface area contributed by atoms with Gasteiger partial charge in [0.1, 0.15) is 30.2 Å². The van der Waals surface area contributed by atoms with Gasteiger partial charge in [-0.05, 0) is 19.3 Å². The number of aliphatic hydroxyl groups is 5. The van der Waals surface area contributed by atoms with Gasteiger partial charge >= 0.3 is 12.1 Å². The van der Waals surface area contributed by atoms with Crippen molar-refractivity contribution in [3.05, 3.63) is 0 Å². The summed E-state index contributed by atoms with van der Waals surface area (Å²) in [6, 6.07) is -1.05. The van der Waals surface area contributed by atoms with E-state index in [9.17, 15) is 39.9 Å². The Morgan fingerprint density at radius 2 is 1.40 bits per heavy atom. The van der Waals surface area contributed by atoms with Crippen molar-refractivity contribution in [3.8, 4) is 0 Å². The van der Waals surface area contributed by atoms with Crippen LogP contribution in [0.15, 0.2) is 0 Å². The summed E-state index contributed by atoms with van der Waals surface area (Å²) in [7, 11) is 0. The molecule has 6 N–H and O–H groups in total. The van der Waals surface area contributed by atoms with E-state index in [0.29, 0.717) is 6.42 Å². The first-order chi connectivity index (χ1) is 21.5. The van der Waals surface area contributed by atoms with Gasteiger partial charge in [0.25, 0.3) is 0 Å². The molecule has 0 aromatic rings. The smallest absolute Gasteiger partial charge is 0.410 e. The maximum absolute atomic E-state index is 12.5. The lowest BCUT2D eigenvalue weighted by Crippen LogP contribution is -2.60. The van der Waals surface area contributed by atoms with Gasteiger partial charge in [-0.2, -0.15) is 0 Å². The number of hydrogen-bond donors (Lipinski definition) is 6. The quantitative estimate of drug-likeness (QED) is 0.0481. The predicted octanol–water partition coefficient (Wildman–Crippen LogP) is 2.86. The highest BCUT2D eigenvalue weighted by Crippen LogP contribution is 2.23. The molecule has 264 valence electrons. The summed E-state index contributed by atoms with van der Waals surface area (Å²) in [4.78, 5) is 35.2. The minimum atomic E-state index is -1.65. The molecular formula is C32H59NO12. The number of hydrogen-bond acceptors (Lipinski definition) is 12. The molecule has 0 spiro atoms. The summed E-state index contributed by atoms with van der Waals surface area (Å²) < 4.78 is 20.7. The van der Waals surface area contributed by atoms with Gasteiger partial charge in [-0.25, -0.2) is 4.79 Å². The van der Waals surface area contributed by atoms with Crippen molar-refractivity contribution in [2.45, 2.75) is 160 Å². The van der Waals surface area contributed by atoms with Gasteiger partial charge in [0.2, 0.25) is 6.79 Å². The molecule has 1 saturated heterocycles. The van der Waals surface area contributed by atoms with E-state index >= 15 is 0 Å². The van der Waals surface area contributed by atoms with Crippen LogP contribution in [0.5, 0.6) is 0 Å². The second kappa shape index (κ2) is 24.3. The number of amides is 1. The summed E-state index contributed by atoms with van der Waals surface area (Å²) in [5.74, 6) is -1.16. The van der Waals surface area contributed by atoms with Gasteiger partial charge in [-0.15, -0.1) is 0 Å². The largest absolute Gasteiger partial charge is 0.428 e. The Balaban J connectivity index is 2.59. The minimum Gasteiger partial charge on any atom is -0.428 e. The van der Waals surface area contributed by atoms with E-state index in [2.05, 4.69) is 12.2 Å². The van der Waals surface area contributed by atoms with Crippen molar-refractivity contribution in [2.75, 3.05) is 20.0 Å². The number of nitrogens with one attached hydrogen (secondary N) is 1. The average molecular weight is 650 g/mol. The third kappa shape index (κ3) is 17.6. The monoisotopic (exact) mass is 649 g/mol. The Morgan fingerprint density at radius 1 is 0.822 bits per heavy atom. The average Bonchev–Trinajstić information content (AvgIpc) is 3.01. The standard InChI is InChI=1S/C32H59NO12/c1-4-5-6-7-8-9-10-11-12-13-14-15-16-22(2)27(37)24(33-32(41)44-21-43-26(36)18-17-23(3)35)20-42-31-30(40)29(39)28(38)25(19-34)45-31/h22,24-25,27-31,34,37-40H,4-21H2,1-3H3,(H,33,41)/t22-,24?,25?,27-,28+,29+,30?,31+/m1/s1. The van der Waals surface area contributed by atoms with Crippen LogP contribution in [-0.4, -0.2) is 106 Å². The van der Waals surface area contributed by atoms with Gasteiger partial charge in [-0.3, -0.25) is 4.79 Å². The highest BCUT2D eigenvalue weighted by atomic mass is 16.7. The molecule has 0 aromatic heterocycles. The molecule has 1 aliphatic heterocycles. The Morgan fingerprint density at radius 3 is 1.96 bits per heavy atom. The zero-order valence-electron chi connectivity index (χ0n) is 27.4. The second-order valence-electron chi connectivity index (χ2n) is 12.2. The molecule has 45 heavy (non-hydrogen) atoms. The molecule has 1 rings (SSSR count). The maximum Gasteiger partial charge on any atom is 0.410 e. The number of aliphatic hydroxyl groups excluding tert-OH is 5. The molecule has 13 heteroatoms. The van der Waals surface area contributed by atoms with Crippen LogP contribution in [0.25, 0.3) is 0 Å². The van der Waals surface area contributed by atoms with E-state index in [-0.39, 0.29) is 31.1 Å². The van der Waals surface area contributed by atoms with Crippen molar-refractivity contribution in [1.29, 1.82) is 0 Å². The van der Waals surface area contributed by atoms with Gasteiger partial charge in [-0.1, -0.05) is 90.9 Å². The van der Waals surface area contributed by atoms with Crippen LogP contribution in [0.3, 0.4) is 0 Å². The SMILES string of the molecule is CCCCCCCCCCCCCC[C@@H](C)[C@@H](O)C(CO[C@H]1OC(CO)[C@H](O)[C@H](O)C1O)NC(=O)OCOC(=O)CCC(C)=O. The third-order valence-corrected chi connectivity index (χ3v) is 8.19. The number of esters is 1. The van der Waals surface area contributed by atoms with E-state index in [1.807, 2.05) is 6.92 Å². The first-order valence-corrected chi connectivity index (χ1v) is 16.7. The molecule has 0 aromatic carbocycles. The summed E-state index contributed by atoms with van der Waals surface area (Å²) in [6.07, 6.45) is 5.43. The van der Waals surface area contributed by atoms with Gasteiger partial charge in [0.15, 0.2) is 6.29 Å². The molecule has 1 amide bonds. The summed E-state index contributed by atoms with van der Waals surface area (Å²) in [5, 5.41) is 53.4. The highest BCUT2D eigenvalue weighted by Gasteiger charge is 2.44. The third-order valence-electron chi connectivity index (χ3n) is 8.19. The van der Waals surface area contributed by atoms with E-state index in [0.717, 1.165) is 19.3 Å². The van der Waals surface area contributed by atoms with Crippen molar-refractivity contribution < 1.29 is 58.9 Å². The van der Waals surface area contributed by atoms with Crippen LogP contribution in [0.1, 0.15) is 117 Å². The fourth-order valence-corrected chi connectivity index (χ4v) is 5.20. The van der Waals surface area contributed by atoms with Crippen molar-refractivity contribution in [2.24, 2.45) is 5.92 Å².